The minimum atomic E-state index is -0.452. The monoisotopic (exact) mass is 377 g/mol. The van der Waals surface area contributed by atoms with E-state index in [1.165, 1.54) is 23.5 Å². The lowest BCUT2D eigenvalue weighted by molar-refractivity contribution is -0.384. The molecule has 0 aliphatic carbocycles. The van der Waals surface area contributed by atoms with E-state index in [0.29, 0.717) is 16.3 Å². The zero-order valence-corrected chi connectivity index (χ0v) is 15.4. The van der Waals surface area contributed by atoms with Crippen LogP contribution in [0.1, 0.15) is 16.1 Å². The van der Waals surface area contributed by atoms with Gasteiger partial charge in [0.25, 0.3) is 5.69 Å². The van der Waals surface area contributed by atoms with Crippen molar-refractivity contribution in [1.82, 2.24) is 4.98 Å². The number of rotatable bonds is 5. The highest BCUT2D eigenvalue weighted by atomic mass is 32.1. The predicted octanol–water partition coefficient (Wildman–Crippen LogP) is 4.67. The van der Waals surface area contributed by atoms with Crippen LogP contribution in [0.3, 0.4) is 0 Å². The van der Waals surface area contributed by atoms with Crippen LogP contribution in [-0.2, 0) is 0 Å². The SMILES string of the molecule is Cc1ccc(N/N=C(\C#N)c2nc(-c3cccc([N+](=O)[O-])c3)cs2)c(C)c1. The second-order valence-electron chi connectivity index (χ2n) is 5.85. The Kier molecular flexibility index (Phi) is 5.24. The third-order valence-corrected chi connectivity index (χ3v) is 4.68. The molecule has 27 heavy (non-hydrogen) atoms. The molecule has 0 amide bonds. The molecule has 8 heteroatoms. The smallest absolute Gasteiger partial charge is 0.270 e. The minimum absolute atomic E-state index is 0.00673. The Morgan fingerprint density at radius 1 is 1.30 bits per heavy atom. The van der Waals surface area contributed by atoms with Crippen molar-refractivity contribution < 1.29 is 4.92 Å². The van der Waals surface area contributed by atoms with Crippen LogP contribution in [0, 0.1) is 35.3 Å². The number of hydrazone groups is 1. The molecular formula is C19H15N5O2S. The van der Waals surface area contributed by atoms with E-state index in [-0.39, 0.29) is 11.4 Å². The number of anilines is 1. The highest BCUT2D eigenvalue weighted by Gasteiger charge is 2.13. The second kappa shape index (κ2) is 7.76. The van der Waals surface area contributed by atoms with Gasteiger partial charge in [0.15, 0.2) is 10.7 Å². The first kappa shape index (κ1) is 18.2. The molecule has 0 unspecified atom stereocenters. The van der Waals surface area contributed by atoms with Gasteiger partial charge in [0.2, 0.25) is 0 Å². The van der Waals surface area contributed by atoms with Crippen LogP contribution in [-0.4, -0.2) is 15.6 Å². The lowest BCUT2D eigenvalue weighted by Crippen LogP contribution is -2.02. The maximum absolute atomic E-state index is 10.9. The van der Waals surface area contributed by atoms with Gasteiger partial charge in [-0.1, -0.05) is 29.8 Å². The molecule has 0 aliphatic heterocycles. The number of nitrogens with one attached hydrogen (secondary N) is 1. The zero-order chi connectivity index (χ0) is 19.4. The van der Waals surface area contributed by atoms with Crippen LogP contribution >= 0.6 is 11.3 Å². The summed E-state index contributed by atoms with van der Waals surface area (Å²) in [5.74, 6) is 0. The van der Waals surface area contributed by atoms with Crippen LogP contribution < -0.4 is 5.43 Å². The van der Waals surface area contributed by atoms with Crippen LogP contribution in [0.15, 0.2) is 52.9 Å². The van der Waals surface area contributed by atoms with Crippen molar-refractivity contribution in [3.8, 4) is 17.3 Å². The Morgan fingerprint density at radius 2 is 2.11 bits per heavy atom. The topological polar surface area (TPSA) is 104 Å². The van der Waals surface area contributed by atoms with Gasteiger partial charge in [-0.15, -0.1) is 11.3 Å². The van der Waals surface area contributed by atoms with Crippen LogP contribution in [0.4, 0.5) is 11.4 Å². The van der Waals surface area contributed by atoms with E-state index in [1.807, 2.05) is 38.1 Å². The second-order valence-corrected chi connectivity index (χ2v) is 6.71. The molecule has 3 rings (SSSR count). The summed E-state index contributed by atoms with van der Waals surface area (Å²) in [6, 6.07) is 14.1. The molecule has 1 N–H and O–H groups in total. The number of aromatic nitrogens is 1. The Morgan fingerprint density at radius 3 is 2.81 bits per heavy atom. The molecule has 2 aromatic carbocycles. The number of nitro groups is 1. The van der Waals surface area contributed by atoms with Gasteiger partial charge in [-0.3, -0.25) is 15.5 Å². The van der Waals surface area contributed by atoms with Gasteiger partial charge in [0, 0.05) is 23.1 Å². The summed E-state index contributed by atoms with van der Waals surface area (Å²) in [6.45, 7) is 3.96. The summed E-state index contributed by atoms with van der Waals surface area (Å²) < 4.78 is 0. The Hall–Kier alpha value is -3.57. The summed E-state index contributed by atoms with van der Waals surface area (Å²) in [7, 11) is 0. The zero-order valence-electron chi connectivity index (χ0n) is 14.6. The van der Waals surface area contributed by atoms with E-state index in [2.05, 4.69) is 15.5 Å². The van der Waals surface area contributed by atoms with Gasteiger partial charge in [-0.25, -0.2) is 4.98 Å². The molecule has 134 valence electrons. The Bertz CT molecular complexity index is 1080. The first-order valence-corrected chi connectivity index (χ1v) is 8.87. The molecule has 0 atom stereocenters. The lowest BCUT2D eigenvalue weighted by Gasteiger charge is -2.05. The summed E-state index contributed by atoms with van der Waals surface area (Å²) in [6.07, 6.45) is 0. The molecular weight excluding hydrogens is 362 g/mol. The number of benzene rings is 2. The highest BCUT2D eigenvalue weighted by molar-refractivity contribution is 7.12. The molecule has 0 spiro atoms. The fourth-order valence-corrected chi connectivity index (χ4v) is 3.24. The van der Waals surface area contributed by atoms with Crippen molar-refractivity contribution >= 4 is 28.4 Å². The third-order valence-electron chi connectivity index (χ3n) is 3.84. The summed E-state index contributed by atoms with van der Waals surface area (Å²) in [5, 5.41) is 26.7. The van der Waals surface area contributed by atoms with E-state index in [0.717, 1.165) is 16.8 Å². The van der Waals surface area contributed by atoms with Crippen LogP contribution in [0.25, 0.3) is 11.3 Å². The van der Waals surface area contributed by atoms with Crippen molar-refractivity contribution in [3.63, 3.8) is 0 Å². The largest absolute Gasteiger partial charge is 0.277 e. The molecule has 0 bridgehead atoms. The summed E-state index contributed by atoms with van der Waals surface area (Å²) in [4.78, 5) is 14.9. The van der Waals surface area contributed by atoms with Crippen LogP contribution in [0.2, 0.25) is 0 Å². The number of nitriles is 1. The fraction of sp³-hybridized carbons (Fsp3) is 0.105. The first-order valence-electron chi connectivity index (χ1n) is 7.99. The molecule has 1 heterocycles. The van der Waals surface area contributed by atoms with E-state index in [1.54, 1.807) is 17.5 Å². The maximum atomic E-state index is 10.9. The number of nitrogens with zero attached hydrogens (tertiary/aromatic N) is 4. The summed E-state index contributed by atoms with van der Waals surface area (Å²) >= 11 is 1.26. The molecule has 0 aliphatic rings. The predicted molar refractivity (Wildman–Crippen MR) is 106 cm³/mol. The highest BCUT2D eigenvalue weighted by Crippen LogP contribution is 2.26. The van der Waals surface area contributed by atoms with E-state index < -0.39 is 4.92 Å². The average molecular weight is 377 g/mol. The van der Waals surface area contributed by atoms with Gasteiger partial charge in [-0.05, 0) is 25.5 Å². The van der Waals surface area contributed by atoms with Crippen molar-refractivity contribution in [2.45, 2.75) is 13.8 Å². The van der Waals surface area contributed by atoms with Crippen molar-refractivity contribution in [3.05, 3.63) is 74.1 Å². The minimum Gasteiger partial charge on any atom is -0.277 e. The van der Waals surface area contributed by atoms with Gasteiger partial charge in [-0.2, -0.15) is 10.4 Å². The molecule has 0 saturated heterocycles. The van der Waals surface area contributed by atoms with E-state index in [4.69, 9.17) is 0 Å². The number of non-ortho nitro benzene ring substituents is 1. The van der Waals surface area contributed by atoms with Gasteiger partial charge in [0.1, 0.15) is 6.07 Å². The Balaban J connectivity index is 1.86. The standard InChI is InChI=1S/C19H15N5O2S/c1-12-6-7-16(13(2)8-12)22-23-17(10-20)19-21-18(11-27-19)14-4-3-5-15(9-14)24(25)26/h3-9,11,22H,1-2H3/b23-17+. The molecule has 1 aromatic heterocycles. The quantitative estimate of drug-likeness (QED) is 0.395. The number of thiazole rings is 1. The molecule has 0 fully saturated rings. The number of nitro benzene ring substituents is 1. The number of hydrogen-bond acceptors (Lipinski definition) is 7. The van der Waals surface area contributed by atoms with Gasteiger partial charge in [0.05, 0.1) is 16.3 Å². The number of hydrogen-bond donors (Lipinski definition) is 1. The molecule has 0 radical (unpaired) electrons. The number of aryl methyl sites for hydroxylation is 2. The molecule has 7 nitrogen and oxygen atoms in total. The van der Waals surface area contributed by atoms with E-state index >= 15 is 0 Å². The normalized spacial score (nSPS) is 11.1. The fourth-order valence-electron chi connectivity index (χ4n) is 2.47. The van der Waals surface area contributed by atoms with Crippen molar-refractivity contribution in [1.29, 1.82) is 5.26 Å². The van der Waals surface area contributed by atoms with E-state index in [9.17, 15) is 15.4 Å². The van der Waals surface area contributed by atoms with Gasteiger partial charge < -0.3 is 0 Å². The first-order chi connectivity index (χ1) is 13.0. The van der Waals surface area contributed by atoms with Crippen molar-refractivity contribution in [2.24, 2.45) is 5.10 Å². The molecule has 3 aromatic rings. The maximum Gasteiger partial charge on any atom is 0.270 e. The average Bonchev–Trinajstić information content (AvgIpc) is 3.14. The lowest BCUT2D eigenvalue weighted by atomic mass is 10.1. The summed E-state index contributed by atoms with van der Waals surface area (Å²) in [5.41, 5.74) is 7.20. The Labute approximate surface area is 159 Å². The van der Waals surface area contributed by atoms with Crippen molar-refractivity contribution in [2.75, 3.05) is 5.43 Å². The third kappa shape index (κ3) is 4.16. The van der Waals surface area contributed by atoms with Gasteiger partial charge >= 0.3 is 0 Å². The van der Waals surface area contributed by atoms with Crippen LogP contribution in [0.5, 0.6) is 0 Å². The molecule has 0 saturated carbocycles.